The zero-order valence-corrected chi connectivity index (χ0v) is 14.6. The Kier molecular flexibility index (Phi) is 4.92. The number of rotatable bonds is 4. The van der Waals surface area contributed by atoms with E-state index in [2.05, 4.69) is 17.4 Å². The molecular formula is C21H23F2NO2. The number of hydrogen-bond donors (Lipinski definition) is 1. The van der Waals surface area contributed by atoms with Crippen LogP contribution >= 0.6 is 0 Å². The topological polar surface area (TPSA) is 30.5 Å². The Labute approximate surface area is 152 Å². The zero-order valence-electron chi connectivity index (χ0n) is 14.6. The van der Waals surface area contributed by atoms with Crippen LogP contribution in [-0.2, 0) is 11.3 Å². The molecule has 0 bridgehead atoms. The molecule has 3 nitrogen and oxygen atoms in total. The molecule has 26 heavy (non-hydrogen) atoms. The number of nitrogens with one attached hydrogen (secondary N) is 1. The van der Waals surface area contributed by atoms with E-state index in [1.165, 1.54) is 11.6 Å². The third-order valence-corrected chi connectivity index (χ3v) is 5.46. The first kappa shape index (κ1) is 17.4. The van der Waals surface area contributed by atoms with Crippen LogP contribution in [0.1, 0.15) is 36.3 Å². The first-order chi connectivity index (χ1) is 12.6. The third-order valence-electron chi connectivity index (χ3n) is 5.46. The van der Waals surface area contributed by atoms with Crippen molar-refractivity contribution in [3.05, 3.63) is 65.2 Å². The fraction of sp³-hybridized carbons (Fsp3) is 0.429. The van der Waals surface area contributed by atoms with E-state index in [4.69, 9.17) is 9.47 Å². The highest BCUT2D eigenvalue weighted by Crippen LogP contribution is 2.41. The highest BCUT2D eigenvalue weighted by Gasteiger charge is 2.41. The van der Waals surface area contributed by atoms with Gasteiger partial charge in [0.15, 0.2) is 11.6 Å². The minimum atomic E-state index is -0.852. The summed E-state index contributed by atoms with van der Waals surface area (Å²) in [5.41, 5.74) is 1.92. The monoisotopic (exact) mass is 359 g/mol. The highest BCUT2D eigenvalue weighted by atomic mass is 19.2. The average molecular weight is 359 g/mol. The Morgan fingerprint density at radius 2 is 1.81 bits per heavy atom. The maximum absolute atomic E-state index is 13.2. The molecule has 2 aromatic rings. The molecule has 5 heteroatoms. The van der Waals surface area contributed by atoms with Gasteiger partial charge in [-0.1, -0.05) is 18.2 Å². The van der Waals surface area contributed by atoms with Gasteiger partial charge in [0, 0.05) is 5.92 Å². The van der Waals surface area contributed by atoms with Crippen LogP contribution in [0.4, 0.5) is 8.78 Å². The van der Waals surface area contributed by atoms with Crippen LogP contribution < -0.4 is 10.1 Å². The number of piperidine rings is 1. The minimum Gasteiger partial charge on any atom is -0.489 e. The van der Waals surface area contributed by atoms with E-state index in [9.17, 15) is 8.78 Å². The van der Waals surface area contributed by atoms with Crippen molar-refractivity contribution in [1.82, 2.24) is 5.32 Å². The molecular weight excluding hydrogens is 336 g/mol. The van der Waals surface area contributed by atoms with Crippen molar-refractivity contribution >= 4 is 0 Å². The highest BCUT2D eigenvalue weighted by molar-refractivity contribution is 5.31. The molecule has 0 unspecified atom stereocenters. The Morgan fingerprint density at radius 3 is 2.54 bits per heavy atom. The summed E-state index contributed by atoms with van der Waals surface area (Å²) in [6.45, 7) is 3.04. The molecule has 1 spiro atoms. The van der Waals surface area contributed by atoms with Crippen LogP contribution in [0.5, 0.6) is 5.75 Å². The molecule has 0 aromatic heterocycles. The fourth-order valence-electron chi connectivity index (χ4n) is 3.92. The quantitative estimate of drug-likeness (QED) is 0.889. The second-order valence-electron chi connectivity index (χ2n) is 7.25. The molecule has 0 radical (unpaired) electrons. The zero-order chi connectivity index (χ0) is 18.0. The van der Waals surface area contributed by atoms with Crippen LogP contribution in [0.15, 0.2) is 42.5 Å². The van der Waals surface area contributed by atoms with Crippen molar-refractivity contribution in [2.45, 2.75) is 37.4 Å². The normalized spacial score (nSPS) is 21.8. The Bertz CT molecular complexity index is 757. The standard InChI is InChI=1S/C21H23F2NO2/c22-19-6-1-15(11-20(19)23)13-25-18-4-2-16(3-5-18)17-12-21(26-14-17)7-9-24-10-8-21/h1-6,11,17,24H,7-10,12-14H2/t17-/m0/s1. The lowest BCUT2D eigenvalue weighted by Gasteiger charge is -2.33. The molecule has 0 aliphatic carbocycles. The molecule has 2 aliphatic rings. The Morgan fingerprint density at radius 1 is 1.04 bits per heavy atom. The summed E-state index contributed by atoms with van der Waals surface area (Å²) in [6, 6.07) is 11.8. The number of halogens is 2. The van der Waals surface area contributed by atoms with E-state index in [0.717, 1.165) is 51.1 Å². The van der Waals surface area contributed by atoms with Crippen molar-refractivity contribution in [3.8, 4) is 5.75 Å². The summed E-state index contributed by atoms with van der Waals surface area (Å²) >= 11 is 0. The summed E-state index contributed by atoms with van der Waals surface area (Å²) in [4.78, 5) is 0. The van der Waals surface area contributed by atoms with Gasteiger partial charge >= 0.3 is 0 Å². The Balaban J connectivity index is 1.35. The van der Waals surface area contributed by atoms with Crippen molar-refractivity contribution in [2.75, 3.05) is 19.7 Å². The van der Waals surface area contributed by atoms with Crippen LogP contribution in [0.2, 0.25) is 0 Å². The number of benzene rings is 2. The van der Waals surface area contributed by atoms with Crippen LogP contribution in [0.25, 0.3) is 0 Å². The van der Waals surface area contributed by atoms with Crippen molar-refractivity contribution < 1.29 is 18.3 Å². The molecule has 1 atom stereocenters. The van der Waals surface area contributed by atoms with Crippen molar-refractivity contribution in [2.24, 2.45) is 0 Å². The SMILES string of the molecule is Fc1ccc(COc2ccc([C@@H]3COC4(CCNCC4)C3)cc2)cc1F. The lowest BCUT2D eigenvalue weighted by atomic mass is 9.84. The number of hydrogen-bond acceptors (Lipinski definition) is 3. The molecule has 2 aliphatic heterocycles. The summed E-state index contributed by atoms with van der Waals surface area (Å²) in [6.07, 6.45) is 3.24. The molecule has 2 heterocycles. The van der Waals surface area contributed by atoms with Crippen LogP contribution in [0, 0.1) is 11.6 Å². The largest absolute Gasteiger partial charge is 0.489 e. The molecule has 1 N–H and O–H groups in total. The molecule has 2 aromatic carbocycles. The molecule has 2 fully saturated rings. The van der Waals surface area contributed by atoms with E-state index in [1.807, 2.05) is 12.1 Å². The van der Waals surface area contributed by atoms with E-state index < -0.39 is 11.6 Å². The second kappa shape index (κ2) is 7.33. The fourth-order valence-corrected chi connectivity index (χ4v) is 3.92. The predicted molar refractivity (Wildman–Crippen MR) is 95.3 cm³/mol. The molecule has 0 amide bonds. The average Bonchev–Trinajstić information content (AvgIpc) is 3.07. The lowest BCUT2D eigenvalue weighted by Crippen LogP contribution is -2.41. The van der Waals surface area contributed by atoms with E-state index in [0.29, 0.717) is 17.2 Å². The molecule has 4 rings (SSSR count). The second-order valence-corrected chi connectivity index (χ2v) is 7.25. The summed E-state index contributed by atoms with van der Waals surface area (Å²) < 4.78 is 38.0. The van der Waals surface area contributed by atoms with Gasteiger partial charge in [0.25, 0.3) is 0 Å². The van der Waals surface area contributed by atoms with E-state index >= 15 is 0 Å². The van der Waals surface area contributed by atoms with Crippen LogP contribution in [-0.4, -0.2) is 25.3 Å². The van der Waals surface area contributed by atoms with Gasteiger partial charge < -0.3 is 14.8 Å². The summed E-state index contributed by atoms with van der Waals surface area (Å²) in [5.74, 6) is -0.555. The van der Waals surface area contributed by atoms with Gasteiger partial charge in [-0.2, -0.15) is 0 Å². The lowest BCUT2D eigenvalue weighted by molar-refractivity contribution is -0.0193. The molecule has 0 saturated carbocycles. The molecule has 138 valence electrons. The molecule has 2 saturated heterocycles. The van der Waals surface area contributed by atoms with Gasteiger partial charge in [-0.15, -0.1) is 0 Å². The first-order valence-corrected chi connectivity index (χ1v) is 9.15. The third kappa shape index (κ3) is 3.74. The van der Waals surface area contributed by atoms with Gasteiger partial charge in [-0.3, -0.25) is 0 Å². The van der Waals surface area contributed by atoms with Gasteiger partial charge in [-0.25, -0.2) is 8.78 Å². The van der Waals surface area contributed by atoms with Gasteiger partial charge in [0.05, 0.1) is 12.2 Å². The van der Waals surface area contributed by atoms with Crippen molar-refractivity contribution in [3.63, 3.8) is 0 Å². The summed E-state index contributed by atoms with van der Waals surface area (Å²) in [5, 5.41) is 3.39. The first-order valence-electron chi connectivity index (χ1n) is 9.15. The minimum absolute atomic E-state index is 0.0533. The van der Waals surface area contributed by atoms with E-state index in [1.54, 1.807) is 0 Å². The van der Waals surface area contributed by atoms with Crippen LogP contribution in [0.3, 0.4) is 0 Å². The number of ether oxygens (including phenoxy) is 2. The van der Waals surface area contributed by atoms with Crippen molar-refractivity contribution in [1.29, 1.82) is 0 Å². The van der Waals surface area contributed by atoms with E-state index in [-0.39, 0.29) is 12.2 Å². The summed E-state index contributed by atoms with van der Waals surface area (Å²) in [7, 11) is 0. The van der Waals surface area contributed by atoms with Gasteiger partial charge in [-0.05, 0) is 67.7 Å². The predicted octanol–water partition coefficient (Wildman–Crippen LogP) is 4.17. The van der Waals surface area contributed by atoms with Gasteiger partial charge in [0.2, 0.25) is 0 Å². The Hall–Kier alpha value is -1.98. The maximum atomic E-state index is 13.2. The smallest absolute Gasteiger partial charge is 0.159 e. The van der Waals surface area contributed by atoms with Gasteiger partial charge in [0.1, 0.15) is 12.4 Å². The maximum Gasteiger partial charge on any atom is 0.159 e.